The predicted molar refractivity (Wildman–Crippen MR) is 88.5 cm³/mol. The van der Waals surface area contributed by atoms with Gasteiger partial charge in [-0.25, -0.2) is 0 Å². The van der Waals surface area contributed by atoms with E-state index in [0.29, 0.717) is 27.0 Å². The van der Waals surface area contributed by atoms with Gasteiger partial charge in [-0.15, -0.1) is 0 Å². The standard InChI is InChI=1S/C16H15BrN2O3/c1-18-15(20)10-7-8-13(14(9-10)22-2)19-16(21)11-5-3-4-6-12(11)17/h3-9H,1-2H3,(H,18,20)(H,19,21). The average Bonchev–Trinajstić information content (AvgIpc) is 2.54. The van der Waals surface area contributed by atoms with Crippen molar-refractivity contribution in [2.24, 2.45) is 0 Å². The molecule has 0 aliphatic rings. The van der Waals surface area contributed by atoms with Crippen molar-refractivity contribution in [1.29, 1.82) is 0 Å². The van der Waals surface area contributed by atoms with Crippen molar-refractivity contribution in [2.75, 3.05) is 19.5 Å². The van der Waals surface area contributed by atoms with E-state index in [0.717, 1.165) is 0 Å². The molecule has 22 heavy (non-hydrogen) atoms. The Kier molecular flexibility index (Phi) is 5.16. The van der Waals surface area contributed by atoms with Crippen LogP contribution in [0.25, 0.3) is 0 Å². The molecule has 0 aromatic heterocycles. The molecular weight excluding hydrogens is 348 g/mol. The van der Waals surface area contributed by atoms with Crippen LogP contribution in [0.5, 0.6) is 5.75 Å². The van der Waals surface area contributed by atoms with Gasteiger partial charge in [0, 0.05) is 17.1 Å². The first kappa shape index (κ1) is 16.0. The minimum atomic E-state index is -0.265. The van der Waals surface area contributed by atoms with E-state index in [1.54, 1.807) is 43.4 Å². The first-order valence-corrected chi connectivity index (χ1v) is 7.32. The van der Waals surface area contributed by atoms with E-state index in [1.807, 2.05) is 6.07 Å². The molecule has 0 spiro atoms. The summed E-state index contributed by atoms with van der Waals surface area (Å²) in [4.78, 5) is 23.9. The summed E-state index contributed by atoms with van der Waals surface area (Å²) in [6, 6.07) is 12.0. The summed E-state index contributed by atoms with van der Waals surface area (Å²) in [6.45, 7) is 0. The van der Waals surface area contributed by atoms with Crippen LogP contribution in [0.15, 0.2) is 46.9 Å². The van der Waals surface area contributed by atoms with Crippen molar-refractivity contribution in [3.63, 3.8) is 0 Å². The highest BCUT2D eigenvalue weighted by atomic mass is 79.9. The van der Waals surface area contributed by atoms with Crippen LogP contribution in [0.2, 0.25) is 0 Å². The Bertz CT molecular complexity index is 716. The van der Waals surface area contributed by atoms with Crippen molar-refractivity contribution in [3.05, 3.63) is 58.1 Å². The highest BCUT2D eigenvalue weighted by Gasteiger charge is 2.14. The summed E-state index contributed by atoms with van der Waals surface area (Å²) in [7, 11) is 3.04. The van der Waals surface area contributed by atoms with E-state index in [1.165, 1.54) is 7.11 Å². The molecule has 0 saturated heterocycles. The zero-order valence-electron chi connectivity index (χ0n) is 12.1. The minimum absolute atomic E-state index is 0.220. The molecule has 0 fully saturated rings. The van der Waals surface area contributed by atoms with Crippen LogP contribution in [0, 0.1) is 0 Å². The second kappa shape index (κ2) is 7.09. The van der Waals surface area contributed by atoms with E-state index in [4.69, 9.17) is 4.74 Å². The summed E-state index contributed by atoms with van der Waals surface area (Å²) in [5.41, 5.74) is 1.47. The number of rotatable bonds is 4. The van der Waals surface area contributed by atoms with E-state index in [9.17, 15) is 9.59 Å². The summed E-state index contributed by atoms with van der Waals surface area (Å²) < 4.78 is 5.94. The lowest BCUT2D eigenvalue weighted by Gasteiger charge is -2.12. The van der Waals surface area contributed by atoms with Crippen LogP contribution in [0.4, 0.5) is 5.69 Å². The van der Waals surface area contributed by atoms with Crippen LogP contribution < -0.4 is 15.4 Å². The number of benzene rings is 2. The number of nitrogens with one attached hydrogen (secondary N) is 2. The molecule has 0 unspecified atom stereocenters. The van der Waals surface area contributed by atoms with Crippen molar-refractivity contribution < 1.29 is 14.3 Å². The molecule has 0 aliphatic heterocycles. The van der Waals surface area contributed by atoms with Crippen molar-refractivity contribution >= 4 is 33.4 Å². The zero-order chi connectivity index (χ0) is 16.1. The molecule has 0 aliphatic carbocycles. The molecule has 5 nitrogen and oxygen atoms in total. The Morgan fingerprint density at radius 2 is 1.82 bits per heavy atom. The Morgan fingerprint density at radius 3 is 2.45 bits per heavy atom. The molecule has 0 radical (unpaired) electrons. The largest absolute Gasteiger partial charge is 0.495 e. The number of carbonyl (C=O) groups is 2. The lowest BCUT2D eigenvalue weighted by atomic mass is 10.1. The third-order valence-corrected chi connectivity index (χ3v) is 3.75. The second-order valence-electron chi connectivity index (χ2n) is 4.43. The Balaban J connectivity index is 2.28. The molecule has 2 amide bonds. The molecule has 6 heteroatoms. The smallest absolute Gasteiger partial charge is 0.256 e. The summed E-state index contributed by atoms with van der Waals surface area (Å²) in [5.74, 6) is -0.0676. The van der Waals surface area contributed by atoms with Gasteiger partial charge >= 0.3 is 0 Å². The maximum Gasteiger partial charge on any atom is 0.256 e. The zero-order valence-corrected chi connectivity index (χ0v) is 13.7. The highest BCUT2D eigenvalue weighted by molar-refractivity contribution is 9.10. The van der Waals surface area contributed by atoms with Gasteiger partial charge in [-0.1, -0.05) is 12.1 Å². The second-order valence-corrected chi connectivity index (χ2v) is 5.28. The fourth-order valence-electron chi connectivity index (χ4n) is 1.92. The van der Waals surface area contributed by atoms with Gasteiger partial charge in [0.2, 0.25) is 0 Å². The first-order chi connectivity index (χ1) is 10.6. The van der Waals surface area contributed by atoms with Gasteiger partial charge < -0.3 is 15.4 Å². The van der Waals surface area contributed by atoms with Gasteiger partial charge in [-0.2, -0.15) is 0 Å². The molecular formula is C16H15BrN2O3. The van der Waals surface area contributed by atoms with Crippen LogP contribution in [0.3, 0.4) is 0 Å². The van der Waals surface area contributed by atoms with E-state index >= 15 is 0 Å². The van der Waals surface area contributed by atoms with Gasteiger partial charge in [-0.05, 0) is 46.3 Å². The van der Waals surface area contributed by atoms with Crippen LogP contribution >= 0.6 is 15.9 Å². The number of hydrogen-bond acceptors (Lipinski definition) is 3. The summed E-state index contributed by atoms with van der Waals surface area (Å²) >= 11 is 3.34. The number of methoxy groups -OCH3 is 1. The minimum Gasteiger partial charge on any atom is -0.495 e. The maximum absolute atomic E-state index is 12.3. The van der Waals surface area contributed by atoms with Gasteiger partial charge in [0.05, 0.1) is 18.4 Å². The predicted octanol–water partition coefficient (Wildman–Crippen LogP) is 3.07. The number of carbonyl (C=O) groups excluding carboxylic acids is 2. The molecule has 2 aromatic rings. The van der Waals surface area contributed by atoms with Crippen LogP contribution in [-0.2, 0) is 0 Å². The Hall–Kier alpha value is -2.34. The van der Waals surface area contributed by atoms with Crippen molar-refractivity contribution in [3.8, 4) is 5.75 Å². The third kappa shape index (κ3) is 3.46. The Labute approximate surface area is 136 Å². The molecule has 2 N–H and O–H groups in total. The molecule has 114 valence electrons. The fourth-order valence-corrected chi connectivity index (χ4v) is 2.38. The van der Waals surface area contributed by atoms with Crippen molar-refractivity contribution in [2.45, 2.75) is 0 Å². The molecule has 0 saturated carbocycles. The normalized spacial score (nSPS) is 9.95. The van der Waals surface area contributed by atoms with E-state index < -0.39 is 0 Å². The number of amides is 2. The van der Waals surface area contributed by atoms with Crippen molar-refractivity contribution in [1.82, 2.24) is 5.32 Å². The topological polar surface area (TPSA) is 67.4 Å². The number of halogens is 1. The van der Waals surface area contributed by atoms with Gasteiger partial charge in [0.15, 0.2) is 0 Å². The quantitative estimate of drug-likeness (QED) is 0.878. The lowest BCUT2D eigenvalue weighted by molar-refractivity contribution is 0.0962. The van der Waals surface area contributed by atoms with Gasteiger partial charge in [0.25, 0.3) is 11.8 Å². The monoisotopic (exact) mass is 362 g/mol. The highest BCUT2D eigenvalue weighted by Crippen LogP contribution is 2.27. The first-order valence-electron chi connectivity index (χ1n) is 6.52. The summed E-state index contributed by atoms with van der Waals surface area (Å²) in [6.07, 6.45) is 0. The fraction of sp³-hybridized carbons (Fsp3) is 0.125. The van der Waals surface area contributed by atoms with E-state index in [-0.39, 0.29) is 11.8 Å². The number of anilines is 1. The molecule has 2 aromatic carbocycles. The van der Waals surface area contributed by atoms with Crippen LogP contribution in [-0.4, -0.2) is 26.0 Å². The summed E-state index contributed by atoms with van der Waals surface area (Å²) in [5, 5.41) is 5.32. The molecule has 0 heterocycles. The molecule has 0 bridgehead atoms. The number of ether oxygens (including phenoxy) is 1. The van der Waals surface area contributed by atoms with Crippen LogP contribution in [0.1, 0.15) is 20.7 Å². The third-order valence-electron chi connectivity index (χ3n) is 3.06. The Morgan fingerprint density at radius 1 is 1.09 bits per heavy atom. The SMILES string of the molecule is CNC(=O)c1ccc(NC(=O)c2ccccc2Br)c(OC)c1. The van der Waals surface area contributed by atoms with E-state index in [2.05, 4.69) is 26.6 Å². The van der Waals surface area contributed by atoms with Gasteiger partial charge in [0.1, 0.15) is 5.75 Å². The number of hydrogen-bond donors (Lipinski definition) is 2. The molecule has 0 atom stereocenters. The average molecular weight is 363 g/mol. The lowest BCUT2D eigenvalue weighted by Crippen LogP contribution is -2.18. The maximum atomic E-state index is 12.3. The molecule has 2 rings (SSSR count). The van der Waals surface area contributed by atoms with Gasteiger partial charge in [-0.3, -0.25) is 9.59 Å².